The first-order valence-electron chi connectivity index (χ1n) is 12.5. The molecule has 4 rings (SSSR count). The summed E-state index contributed by atoms with van der Waals surface area (Å²) < 4.78 is 0. The number of rotatable bonds is 5. The van der Waals surface area contributed by atoms with Crippen LogP contribution in [0, 0.1) is 17.8 Å². The number of hydrazine groups is 1. The third-order valence-electron chi connectivity index (χ3n) is 7.34. The average molecular weight is 450 g/mol. The van der Waals surface area contributed by atoms with Gasteiger partial charge in [0.05, 0.1) is 0 Å². The molecule has 0 unspecified atom stereocenters. The zero-order valence-electron chi connectivity index (χ0n) is 19.3. The first kappa shape index (κ1) is 23.3. The topological polar surface area (TPSA) is 87.3 Å². The predicted octanol–water partition coefficient (Wildman–Crippen LogP) is 4.49. The molecule has 33 heavy (non-hydrogen) atoms. The second-order valence-electron chi connectivity index (χ2n) is 9.62. The molecule has 0 saturated heterocycles. The molecular formula is C27H35N3O3. The largest absolute Gasteiger partial charge is 0.356 e. The molecule has 3 amide bonds. The summed E-state index contributed by atoms with van der Waals surface area (Å²) in [5.41, 5.74) is 5.75. The maximum absolute atomic E-state index is 12.6. The molecule has 2 aliphatic carbocycles. The molecule has 2 fully saturated rings. The van der Waals surface area contributed by atoms with Gasteiger partial charge >= 0.3 is 0 Å². The Morgan fingerprint density at radius 3 is 2.12 bits per heavy atom. The highest BCUT2D eigenvalue weighted by atomic mass is 16.2. The molecule has 6 heteroatoms. The highest BCUT2D eigenvalue weighted by molar-refractivity contribution is 6.07. The summed E-state index contributed by atoms with van der Waals surface area (Å²) in [7, 11) is 0. The molecule has 0 heterocycles. The zero-order valence-corrected chi connectivity index (χ0v) is 19.3. The van der Waals surface area contributed by atoms with Crippen molar-refractivity contribution in [1.82, 2.24) is 16.2 Å². The van der Waals surface area contributed by atoms with E-state index in [1.807, 2.05) is 36.4 Å². The number of hydrogen-bond donors (Lipinski definition) is 3. The average Bonchev–Trinajstić information content (AvgIpc) is 3.15. The predicted molar refractivity (Wildman–Crippen MR) is 129 cm³/mol. The molecule has 0 aromatic heterocycles. The van der Waals surface area contributed by atoms with Gasteiger partial charge in [0.1, 0.15) is 0 Å². The Hall–Kier alpha value is -2.89. The highest BCUT2D eigenvalue weighted by Gasteiger charge is 2.28. The van der Waals surface area contributed by atoms with Gasteiger partial charge < -0.3 is 5.32 Å². The number of benzene rings is 2. The van der Waals surface area contributed by atoms with E-state index in [0.29, 0.717) is 18.0 Å². The molecule has 0 radical (unpaired) electrons. The minimum Gasteiger partial charge on any atom is -0.356 e. The molecule has 2 saturated carbocycles. The summed E-state index contributed by atoms with van der Waals surface area (Å²) >= 11 is 0. The molecule has 176 valence electrons. The normalized spacial score (nSPS) is 21.7. The second-order valence-corrected chi connectivity index (χ2v) is 9.62. The Morgan fingerprint density at radius 1 is 0.697 bits per heavy atom. The fourth-order valence-corrected chi connectivity index (χ4v) is 5.27. The number of hydrogen-bond acceptors (Lipinski definition) is 3. The molecule has 0 atom stereocenters. The van der Waals surface area contributed by atoms with Crippen molar-refractivity contribution in [2.45, 2.75) is 64.2 Å². The van der Waals surface area contributed by atoms with Gasteiger partial charge in [-0.15, -0.1) is 0 Å². The van der Waals surface area contributed by atoms with Crippen LogP contribution >= 0.6 is 0 Å². The van der Waals surface area contributed by atoms with Crippen LogP contribution in [0.15, 0.2) is 42.5 Å². The van der Waals surface area contributed by atoms with E-state index in [2.05, 4.69) is 16.2 Å². The molecule has 3 N–H and O–H groups in total. The van der Waals surface area contributed by atoms with Crippen LogP contribution in [-0.2, 0) is 9.59 Å². The molecule has 2 aromatic rings. The van der Waals surface area contributed by atoms with Crippen LogP contribution in [0.3, 0.4) is 0 Å². The Bertz CT molecular complexity index is 968. The number of nitrogens with one attached hydrogen (secondary N) is 3. The monoisotopic (exact) mass is 449 g/mol. The second kappa shape index (κ2) is 11.3. The summed E-state index contributed by atoms with van der Waals surface area (Å²) in [6, 6.07) is 13.3. The fourth-order valence-electron chi connectivity index (χ4n) is 5.27. The number of amides is 3. The van der Waals surface area contributed by atoms with Gasteiger partial charge in [-0.05, 0) is 61.3 Å². The fraction of sp³-hybridized carbons (Fsp3) is 0.519. The first-order chi connectivity index (χ1) is 16.1. The quantitative estimate of drug-likeness (QED) is 0.464. The van der Waals surface area contributed by atoms with E-state index in [1.54, 1.807) is 6.07 Å². The SMILES string of the molecule is O=C(NNC(=O)C1CCC(CNC(=O)C2CCCCCC2)CC1)c1cccc2ccccc12. The van der Waals surface area contributed by atoms with E-state index in [4.69, 9.17) is 0 Å². The van der Waals surface area contributed by atoms with Crippen molar-refractivity contribution in [1.29, 1.82) is 0 Å². The van der Waals surface area contributed by atoms with E-state index in [9.17, 15) is 14.4 Å². The van der Waals surface area contributed by atoms with Crippen LogP contribution in [0.25, 0.3) is 10.8 Å². The lowest BCUT2D eigenvalue weighted by atomic mass is 9.81. The van der Waals surface area contributed by atoms with Crippen LogP contribution in [0.1, 0.15) is 74.6 Å². The van der Waals surface area contributed by atoms with Gasteiger partial charge in [0, 0.05) is 23.9 Å². The Morgan fingerprint density at radius 2 is 1.36 bits per heavy atom. The van der Waals surface area contributed by atoms with Gasteiger partial charge in [-0.2, -0.15) is 0 Å². The molecule has 0 aliphatic heterocycles. The highest BCUT2D eigenvalue weighted by Crippen LogP contribution is 2.29. The van der Waals surface area contributed by atoms with Gasteiger partial charge in [0.25, 0.3) is 5.91 Å². The van der Waals surface area contributed by atoms with Crippen molar-refractivity contribution >= 4 is 28.5 Å². The van der Waals surface area contributed by atoms with Gasteiger partial charge in [0.2, 0.25) is 11.8 Å². The van der Waals surface area contributed by atoms with Crippen molar-refractivity contribution in [3.05, 3.63) is 48.0 Å². The van der Waals surface area contributed by atoms with Crippen molar-refractivity contribution in [3.8, 4) is 0 Å². The number of carbonyl (C=O) groups excluding carboxylic acids is 3. The molecular weight excluding hydrogens is 414 g/mol. The summed E-state index contributed by atoms with van der Waals surface area (Å²) in [6.45, 7) is 0.710. The van der Waals surface area contributed by atoms with E-state index >= 15 is 0 Å². The summed E-state index contributed by atoms with van der Waals surface area (Å²) in [6.07, 6.45) is 10.2. The zero-order chi connectivity index (χ0) is 23.0. The minimum atomic E-state index is -0.310. The Kier molecular flexibility index (Phi) is 7.97. The summed E-state index contributed by atoms with van der Waals surface area (Å²) in [5, 5.41) is 5.02. The van der Waals surface area contributed by atoms with Crippen molar-refractivity contribution in [3.63, 3.8) is 0 Å². The van der Waals surface area contributed by atoms with Crippen molar-refractivity contribution in [2.24, 2.45) is 17.8 Å². The van der Waals surface area contributed by atoms with E-state index < -0.39 is 0 Å². The smallest absolute Gasteiger partial charge is 0.270 e. The lowest BCUT2D eigenvalue weighted by Gasteiger charge is -2.28. The third-order valence-corrected chi connectivity index (χ3v) is 7.34. The number of fused-ring (bicyclic) bond motifs is 1. The van der Waals surface area contributed by atoms with Gasteiger partial charge in [-0.25, -0.2) is 0 Å². The minimum absolute atomic E-state index is 0.105. The Balaban J connectivity index is 1.19. The molecule has 0 spiro atoms. The first-order valence-corrected chi connectivity index (χ1v) is 12.5. The van der Waals surface area contributed by atoms with E-state index in [0.717, 1.165) is 62.1 Å². The summed E-state index contributed by atoms with van der Waals surface area (Å²) in [4.78, 5) is 37.7. The maximum Gasteiger partial charge on any atom is 0.270 e. The van der Waals surface area contributed by atoms with Crippen LogP contribution < -0.4 is 16.2 Å². The summed E-state index contributed by atoms with van der Waals surface area (Å²) in [5.74, 6) is 0.271. The van der Waals surface area contributed by atoms with Gasteiger partial charge in [0.15, 0.2) is 0 Å². The molecule has 2 aromatic carbocycles. The number of carbonyl (C=O) groups is 3. The van der Waals surface area contributed by atoms with E-state index in [1.165, 1.54) is 12.8 Å². The lowest BCUT2D eigenvalue weighted by molar-refractivity contribution is -0.128. The standard InChI is InChI=1S/C27H35N3O3/c31-25(21-9-3-1-2-4-10-21)28-18-19-14-16-22(17-15-19)26(32)29-30-27(33)24-13-7-11-20-8-5-6-12-23(20)24/h5-8,11-13,19,21-22H,1-4,9-10,14-18H2,(H,28,31)(H,29,32)(H,30,33). The van der Waals surface area contributed by atoms with Crippen LogP contribution in [0.4, 0.5) is 0 Å². The van der Waals surface area contributed by atoms with Gasteiger partial charge in [-0.3, -0.25) is 25.2 Å². The van der Waals surface area contributed by atoms with Crippen molar-refractivity contribution in [2.75, 3.05) is 6.54 Å². The van der Waals surface area contributed by atoms with Crippen molar-refractivity contribution < 1.29 is 14.4 Å². The van der Waals surface area contributed by atoms with Gasteiger partial charge in [-0.1, -0.05) is 62.1 Å². The van der Waals surface area contributed by atoms with E-state index in [-0.39, 0.29) is 29.6 Å². The van der Waals surface area contributed by atoms with Crippen LogP contribution in [-0.4, -0.2) is 24.3 Å². The lowest BCUT2D eigenvalue weighted by Crippen LogP contribution is -2.45. The van der Waals surface area contributed by atoms with Crippen LogP contribution in [0.2, 0.25) is 0 Å². The maximum atomic E-state index is 12.6. The molecule has 2 aliphatic rings. The molecule has 0 bridgehead atoms. The third kappa shape index (κ3) is 6.12. The molecule has 6 nitrogen and oxygen atoms in total. The Labute approximate surface area is 195 Å². The van der Waals surface area contributed by atoms with Crippen LogP contribution in [0.5, 0.6) is 0 Å².